The lowest BCUT2D eigenvalue weighted by molar-refractivity contribution is -0.151. The molecular formula is C27H26N2O5. The second-order valence-corrected chi connectivity index (χ2v) is 8.22. The number of carbonyl (C=O) groups excluding carboxylic acids is 3. The summed E-state index contributed by atoms with van der Waals surface area (Å²) in [6.07, 6.45) is 0.0662. The van der Waals surface area contributed by atoms with E-state index in [-0.39, 0.29) is 18.9 Å². The first-order valence-electron chi connectivity index (χ1n) is 11.1. The van der Waals surface area contributed by atoms with Crippen LogP contribution >= 0.6 is 0 Å². The number of carbonyl (C=O) groups is 3. The van der Waals surface area contributed by atoms with Crippen molar-refractivity contribution in [2.75, 3.05) is 23.4 Å². The highest BCUT2D eigenvalue weighted by molar-refractivity contribution is 6.00. The predicted molar refractivity (Wildman–Crippen MR) is 129 cm³/mol. The second kappa shape index (κ2) is 10.2. The number of aryl methyl sites for hydroxylation is 1. The molecule has 7 nitrogen and oxygen atoms in total. The number of amides is 2. The molecule has 0 unspecified atom stereocenters. The standard InChI is InChI=1S/C27H26N2O5/c1-18-7-6-10-24(19(18)2)29-16-20(15-26(29)31)27(32)33-17-25(30)28-21-11-13-23(14-12-21)34-22-8-4-3-5-9-22/h3-14,20H,15-17H2,1-2H3,(H,28,30)/t20-/m1/s1. The van der Waals surface area contributed by atoms with Gasteiger partial charge in [0.2, 0.25) is 5.91 Å². The summed E-state index contributed by atoms with van der Waals surface area (Å²) < 4.78 is 10.9. The Hall–Kier alpha value is -4.13. The molecule has 3 aromatic carbocycles. The zero-order chi connectivity index (χ0) is 24.1. The third kappa shape index (κ3) is 5.43. The van der Waals surface area contributed by atoms with Crippen LogP contribution in [0.5, 0.6) is 11.5 Å². The molecule has 1 fully saturated rings. The van der Waals surface area contributed by atoms with Gasteiger partial charge in [-0.3, -0.25) is 14.4 Å². The van der Waals surface area contributed by atoms with E-state index in [9.17, 15) is 14.4 Å². The molecule has 1 aliphatic heterocycles. The molecule has 1 saturated heterocycles. The van der Waals surface area contributed by atoms with Gasteiger partial charge in [-0.25, -0.2) is 0 Å². The van der Waals surface area contributed by atoms with Gasteiger partial charge in [-0.15, -0.1) is 0 Å². The number of anilines is 2. The molecule has 1 atom stereocenters. The van der Waals surface area contributed by atoms with Crippen molar-refractivity contribution in [3.8, 4) is 11.5 Å². The van der Waals surface area contributed by atoms with Crippen LogP contribution in [0.25, 0.3) is 0 Å². The van der Waals surface area contributed by atoms with Crippen molar-refractivity contribution in [3.05, 3.63) is 83.9 Å². The minimum absolute atomic E-state index is 0.0662. The van der Waals surface area contributed by atoms with Crippen molar-refractivity contribution < 1.29 is 23.9 Å². The third-order valence-corrected chi connectivity index (χ3v) is 5.79. The SMILES string of the molecule is Cc1cccc(N2C[C@H](C(=O)OCC(=O)Nc3ccc(Oc4ccccc4)cc3)CC2=O)c1C. The van der Waals surface area contributed by atoms with Crippen molar-refractivity contribution in [2.45, 2.75) is 20.3 Å². The van der Waals surface area contributed by atoms with Crippen LogP contribution in [0.1, 0.15) is 17.5 Å². The maximum Gasteiger partial charge on any atom is 0.311 e. The van der Waals surface area contributed by atoms with Crippen molar-refractivity contribution in [3.63, 3.8) is 0 Å². The van der Waals surface area contributed by atoms with E-state index in [1.165, 1.54) is 0 Å². The van der Waals surface area contributed by atoms with Crippen molar-refractivity contribution >= 4 is 29.2 Å². The first-order valence-corrected chi connectivity index (χ1v) is 11.1. The van der Waals surface area contributed by atoms with Crippen LogP contribution in [0.3, 0.4) is 0 Å². The summed E-state index contributed by atoms with van der Waals surface area (Å²) in [6, 6.07) is 22.0. The topological polar surface area (TPSA) is 84.9 Å². The molecule has 4 rings (SSSR count). The normalized spacial score (nSPS) is 15.2. The van der Waals surface area contributed by atoms with Crippen LogP contribution in [0.4, 0.5) is 11.4 Å². The fraction of sp³-hybridized carbons (Fsp3) is 0.222. The molecule has 0 radical (unpaired) electrons. The highest BCUT2D eigenvalue weighted by atomic mass is 16.5. The maximum atomic E-state index is 12.5. The molecule has 0 saturated carbocycles. The van der Waals surface area contributed by atoms with Gasteiger partial charge in [0.1, 0.15) is 11.5 Å². The monoisotopic (exact) mass is 458 g/mol. The summed E-state index contributed by atoms with van der Waals surface area (Å²) in [6.45, 7) is 3.75. The first kappa shape index (κ1) is 23.0. The van der Waals surface area contributed by atoms with Gasteiger partial charge < -0.3 is 19.7 Å². The molecule has 34 heavy (non-hydrogen) atoms. The lowest BCUT2D eigenvalue weighted by atomic mass is 10.1. The van der Waals surface area contributed by atoms with Gasteiger partial charge in [0.05, 0.1) is 5.92 Å². The van der Waals surface area contributed by atoms with E-state index in [1.54, 1.807) is 29.2 Å². The average Bonchev–Trinajstić information content (AvgIpc) is 3.22. The first-order chi connectivity index (χ1) is 16.4. The number of nitrogens with one attached hydrogen (secondary N) is 1. The van der Waals surface area contributed by atoms with Crippen LogP contribution in [0, 0.1) is 19.8 Å². The van der Waals surface area contributed by atoms with Gasteiger partial charge in [0, 0.05) is 24.3 Å². The van der Waals surface area contributed by atoms with E-state index in [0.29, 0.717) is 17.2 Å². The van der Waals surface area contributed by atoms with Crippen LogP contribution < -0.4 is 15.0 Å². The Bertz CT molecular complexity index is 1190. The summed E-state index contributed by atoms with van der Waals surface area (Å²) in [4.78, 5) is 38.9. The molecule has 0 aliphatic carbocycles. The van der Waals surface area contributed by atoms with Crippen molar-refractivity contribution in [2.24, 2.45) is 5.92 Å². The lowest BCUT2D eigenvalue weighted by Gasteiger charge is -2.20. The summed E-state index contributed by atoms with van der Waals surface area (Å²) in [5.41, 5.74) is 3.44. The summed E-state index contributed by atoms with van der Waals surface area (Å²) in [5.74, 6) is -0.390. The highest BCUT2D eigenvalue weighted by Crippen LogP contribution is 2.30. The Kier molecular flexibility index (Phi) is 6.92. The van der Waals surface area contributed by atoms with E-state index >= 15 is 0 Å². The van der Waals surface area contributed by atoms with Crippen molar-refractivity contribution in [1.29, 1.82) is 0 Å². The Morgan fingerprint density at radius 2 is 1.65 bits per heavy atom. The Morgan fingerprint density at radius 3 is 2.38 bits per heavy atom. The van der Waals surface area contributed by atoms with Gasteiger partial charge in [-0.1, -0.05) is 30.3 Å². The number of ether oxygens (including phenoxy) is 2. The molecule has 0 spiro atoms. The van der Waals surface area contributed by atoms with Gasteiger partial charge in [0.15, 0.2) is 6.61 Å². The lowest BCUT2D eigenvalue weighted by Crippen LogP contribution is -2.28. The van der Waals surface area contributed by atoms with Gasteiger partial charge in [-0.2, -0.15) is 0 Å². The van der Waals surface area contributed by atoms with Gasteiger partial charge >= 0.3 is 5.97 Å². The average molecular weight is 459 g/mol. The van der Waals surface area contributed by atoms with Crippen molar-refractivity contribution in [1.82, 2.24) is 0 Å². The fourth-order valence-corrected chi connectivity index (χ4v) is 3.81. The summed E-state index contributed by atoms with van der Waals surface area (Å²) in [7, 11) is 0. The minimum Gasteiger partial charge on any atom is -0.457 e. The molecular weight excluding hydrogens is 432 g/mol. The summed E-state index contributed by atoms with van der Waals surface area (Å²) in [5, 5.41) is 2.69. The third-order valence-electron chi connectivity index (χ3n) is 5.79. The minimum atomic E-state index is -0.602. The number of para-hydroxylation sites is 1. The van der Waals surface area contributed by atoms with Gasteiger partial charge in [-0.05, 0) is 67.4 Å². The number of benzene rings is 3. The fourth-order valence-electron chi connectivity index (χ4n) is 3.81. The number of esters is 1. The van der Waals surface area contributed by atoms with Crippen LogP contribution in [0.15, 0.2) is 72.8 Å². The van der Waals surface area contributed by atoms with E-state index < -0.39 is 24.4 Å². The van der Waals surface area contributed by atoms with Crippen LogP contribution in [-0.4, -0.2) is 30.9 Å². The van der Waals surface area contributed by atoms with E-state index in [1.807, 2.05) is 62.4 Å². The number of rotatable bonds is 7. The smallest absolute Gasteiger partial charge is 0.311 e. The quantitative estimate of drug-likeness (QED) is 0.522. The van der Waals surface area contributed by atoms with Gasteiger partial charge in [0.25, 0.3) is 5.91 Å². The molecule has 3 aromatic rings. The molecule has 2 amide bonds. The molecule has 174 valence electrons. The molecule has 0 bridgehead atoms. The Balaban J connectivity index is 1.26. The van der Waals surface area contributed by atoms with E-state index in [0.717, 1.165) is 16.8 Å². The summed E-state index contributed by atoms with van der Waals surface area (Å²) >= 11 is 0. The largest absolute Gasteiger partial charge is 0.457 e. The Labute approximate surface area is 198 Å². The highest BCUT2D eigenvalue weighted by Gasteiger charge is 2.37. The zero-order valence-electron chi connectivity index (χ0n) is 19.1. The molecule has 1 heterocycles. The zero-order valence-corrected chi connectivity index (χ0v) is 19.1. The number of hydrogen-bond donors (Lipinski definition) is 1. The molecule has 1 N–H and O–H groups in total. The maximum absolute atomic E-state index is 12.5. The van der Waals surface area contributed by atoms with E-state index in [2.05, 4.69) is 5.32 Å². The molecule has 7 heteroatoms. The predicted octanol–water partition coefficient (Wildman–Crippen LogP) is 4.63. The Morgan fingerprint density at radius 1 is 0.941 bits per heavy atom. The number of hydrogen-bond acceptors (Lipinski definition) is 5. The van der Waals surface area contributed by atoms with Crippen LogP contribution in [0.2, 0.25) is 0 Å². The molecule has 1 aliphatic rings. The molecule has 0 aromatic heterocycles. The van der Waals surface area contributed by atoms with Crippen LogP contribution in [-0.2, 0) is 19.1 Å². The second-order valence-electron chi connectivity index (χ2n) is 8.22. The number of nitrogens with zero attached hydrogens (tertiary/aromatic N) is 1. The van der Waals surface area contributed by atoms with E-state index in [4.69, 9.17) is 9.47 Å².